The maximum Gasteiger partial charge on any atom is 0.280 e. The number of carbonyl (C=O) groups excluding carboxylic acids is 1. The first-order chi connectivity index (χ1) is 16.5. The van der Waals surface area contributed by atoms with Crippen molar-refractivity contribution in [3.8, 4) is 39.8 Å². The van der Waals surface area contributed by atoms with Gasteiger partial charge in [0.05, 0.1) is 11.9 Å². The molecule has 170 valence electrons. The number of rotatable bonds is 7. The average molecular weight is 462 g/mol. The van der Waals surface area contributed by atoms with Crippen LogP contribution in [0.2, 0.25) is 0 Å². The van der Waals surface area contributed by atoms with Crippen molar-refractivity contribution in [2.45, 2.75) is 6.43 Å². The predicted octanol–water partition coefficient (Wildman–Crippen LogP) is 3.92. The molecule has 0 aliphatic heterocycles. The summed E-state index contributed by atoms with van der Waals surface area (Å²) in [5, 5.41) is 8.05. The molecule has 9 nitrogen and oxygen atoms in total. The largest absolute Gasteiger partial charge is 0.484 e. The number of aromatic nitrogens is 5. The Hall–Kier alpha value is -4.67. The van der Waals surface area contributed by atoms with Crippen molar-refractivity contribution in [3.05, 3.63) is 72.6 Å². The van der Waals surface area contributed by atoms with E-state index >= 15 is 0 Å². The fourth-order valence-corrected chi connectivity index (χ4v) is 3.35. The van der Waals surface area contributed by atoms with E-state index in [0.29, 0.717) is 28.1 Å². The summed E-state index contributed by atoms with van der Waals surface area (Å²) in [5.41, 5.74) is 6.92. The molecule has 5 aromatic rings. The lowest BCUT2D eigenvalue weighted by atomic mass is 10.1. The lowest BCUT2D eigenvalue weighted by Gasteiger charge is -2.07. The second-order valence-electron chi connectivity index (χ2n) is 7.23. The fraction of sp³-hybridized carbons (Fsp3) is 0.0870. The van der Waals surface area contributed by atoms with Crippen molar-refractivity contribution < 1.29 is 22.8 Å². The van der Waals surface area contributed by atoms with Crippen LogP contribution < -0.4 is 10.5 Å². The molecule has 0 fully saturated rings. The molecule has 2 aromatic carbocycles. The minimum absolute atomic E-state index is 0.0805. The number of nitrogens with zero attached hydrogens (tertiary/aromatic N) is 5. The molecule has 0 saturated heterocycles. The lowest BCUT2D eigenvalue weighted by Crippen LogP contribution is -2.19. The van der Waals surface area contributed by atoms with Crippen molar-refractivity contribution in [1.29, 1.82) is 0 Å². The van der Waals surface area contributed by atoms with Crippen LogP contribution in [-0.4, -0.2) is 37.3 Å². The van der Waals surface area contributed by atoms with E-state index in [1.165, 1.54) is 12.3 Å². The molecule has 5 rings (SSSR count). The first-order valence-corrected chi connectivity index (χ1v) is 10.1. The van der Waals surface area contributed by atoms with Gasteiger partial charge in [-0.2, -0.15) is 10.1 Å². The zero-order valence-corrected chi connectivity index (χ0v) is 17.4. The second-order valence-corrected chi connectivity index (χ2v) is 7.23. The normalized spacial score (nSPS) is 11.3. The number of primary amides is 1. The standard InChI is InChI=1S/C23H16F2N6O3/c24-20(25)18-10-17(13-4-2-1-3-5-13)28-22-16(11-27-31(18)22)23-29-21(30-34-23)14-6-8-15(9-7-14)33-12-19(26)32/h1-11,20H,12H2,(H2,26,32). The smallest absolute Gasteiger partial charge is 0.280 e. The summed E-state index contributed by atoms with van der Waals surface area (Å²) in [7, 11) is 0. The van der Waals surface area contributed by atoms with Crippen LogP contribution in [-0.2, 0) is 4.79 Å². The van der Waals surface area contributed by atoms with Gasteiger partial charge in [0.15, 0.2) is 12.3 Å². The third kappa shape index (κ3) is 4.06. The number of amides is 1. The van der Waals surface area contributed by atoms with Gasteiger partial charge in [-0.25, -0.2) is 18.3 Å². The summed E-state index contributed by atoms with van der Waals surface area (Å²) in [6, 6.07) is 16.9. The van der Waals surface area contributed by atoms with E-state index in [2.05, 4.69) is 20.2 Å². The molecular formula is C23H16F2N6O3. The number of nitrogens with two attached hydrogens (primary N) is 1. The van der Waals surface area contributed by atoms with E-state index in [1.807, 2.05) is 6.07 Å². The Kier molecular flexibility index (Phi) is 5.42. The lowest BCUT2D eigenvalue weighted by molar-refractivity contribution is -0.119. The molecule has 2 N–H and O–H groups in total. The van der Waals surface area contributed by atoms with Crippen molar-refractivity contribution in [3.63, 3.8) is 0 Å². The quantitative estimate of drug-likeness (QED) is 0.389. The summed E-state index contributed by atoms with van der Waals surface area (Å²) >= 11 is 0. The highest BCUT2D eigenvalue weighted by atomic mass is 19.3. The van der Waals surface area contributed by atoms with Gasteiger partial charge >= 0.3 is 0 Å². The molecular weight excluding hydrogens is 446 g/mol. The van der Waals surface area contributed by atoms with Crippen LogP contribution in [0.25, 0.3) is 39.7 Å². The molecule has 34 heavy (non-hydrogen) atoms. The van der Waals surface area contributed by atoms with Gasteiger partial charge in [-0.05, 0) is 30.3 Å². The minimum Gasteiger partial charge on any atom is -0.484 e. The first-order valence-electron chi connectivity index (χ1n) is 10.1. The Balaban J connectivity index is 1.52. The number of benzene rings is 2. The highest BCUT2D eigenvalue weighted by Crippen LogP contribution is 2.31. The van der Waals surface area contributed by atoms with Crippen LogP contribution in [0.15, 0.2) is 71.4 Å². The monoisotopic (exact) mass is 462 g/mol. The maximum atomic E-state index is 13.8. The van der Waals surface area contributed by atoms with Crippen molar-refractivity contribution in [2.24, 2.45) is 5.73 Å². The molecule has 0 bridgehead atoms. The third-order valence-electron chi connectivity index (χ3n) is 4.94. The molecule has 11 heteroatoms. The van der Waals surface area contributed by atoms with Crippen molar-refractivity contribution in [1.82, 2.24) is 24.7 Å². The van der Waals surface area contributed by atoms with Crippen LogP contribution in [0.5, 0.6) is 5.75 Å². The van der Waals surface area contributed by atoms with Crippen LogP contribution in [0.3, 0.4) is 0 Å². The van der Waals surface area contributed by atoms with Crippen LogP contribution in [0.4, 0.5) is 8.78 Å². The Morgan fingerprint density at radius 3 is 2.53 bits per heavy atom. The molecule has 0 radical (unpaired) electrons. The van der Waals surface area contributed by atoms with Gasteiger partial charge in [-0.3, -0.25) is 4.79 Å². The van der Waals surface area contributed by atoms with Crippen molar-refractivity contribution in [2.75, 3.05) is 6.61 Å². The van der Waals surface area contributed by atoms with Crippen LogP contribution in [0, 0.1) is 0 Å². The maximum absolute atomic E-state index is 13.8. The minimum atomic E-state index is -2.77. The van der Waals surface area contributed by atoms with E-state index in [4.69, 9.17) is 15.0 Å². The number of hydrogen-bond acceptors (Lipinski definition) is 7. The van der Waals surface area contributed by atoms with Gasteiger partial charge in [-0.15, -0.1) is 0 Å². The summed E-state index contributed by atoms with van der Waals surface area (Å²) in [6.45, 7) is -0.237. The zero-order chi connectivity index (χ0) is 23.7. The summed E-state index contributed by atoms with van der Waals surface area (Å²) in [6.07, 6.45) is -1.41. The molecule has 0 aliphatic carbocycles. The zero-order valence-electron chi connectivity index (χ0n) is 17.4. The molecule has 0 spiro atoms. The van der Waals surface area contributed by atoms with Gasteiger partial charge in [-0.1, -0.05) is 35.5 Å². The number of halogens is 2. The van der Waals surface area contributed by atoms with Gasteiger partial charge in [0, 0.05) is 11.1 Å². The predicted molar refractivity (Wildman–Crippen MR) is 117 cm³/mol. The molecule has 3 heterocycles. The van der Waals surface area contributed by atoms with Gasteiger partial charge in [0.25, 0.3) is 18.2 Å². The Morgan fingerprint density at radius 2 is 1.82 bits per heavy atom. The van der Waals surface area contributed by atoms with Crippen molar-refractivity contribution >= 4 is 11.6 Å². The highest BCUT2D eigenvalue weighted by Gasteiger charge is 2.22. The number of alkyl halides is 2. The topological polar surface area (TPSA) is 121 Å². The molecule has 0 unspecified atom stereocenters. The molecule has 1 amide bonds. The van der Waals surface area contributed by atoms with Gasteiger partial charge in [0.2, 0.25) is 5.82 Å². The van der Waals surface area contributed by atoms with Gasteiger partial charge in [0.1, 0.15) is 17.0 Å². The molecule has 0 atom stereocenters. The van der Waals surface area contributed by atoms with Crippen LogP contribution in [0.1, 0.15) is 12.1 Å². The number of fused-ring (bicyclic) bond motifs is 1. The number of ether oxygens (including phenoxy) is 1. The van der Waals surface area contributed by atoms with E-state index in [-0.39, 0.29) is 29.7 Å². The Morgan fingerprint density at radius 1 is 1.06 bits per heavy atom. The second kappa shape index (κ2) is 8.70. The van der Waals surface area contributed by atoms with E-state index < -0.39 is 12.3 Å². The highest BCUT2D eigenvalue weighted by molar-refractivity contribution is 5.76. The van der Waals surface area contributed by atoms with Gasteiger partial charge < -0.3 is 15.0 Å². The fourth-order valence-electron chi connectivity index (χ4n) is 3.35. The van der Waals surface area contributed by atoms with E-state index in [0.717, 1.165) is 4.52 Å². The summed E-state index contributed by atoms with van der Waals surface area (Å²) < 4.78 is 39.3. The summed E-state index contributed by atoms with van der Waals surface area (Å²) in [4.78, 5) is 19.8. The third-order valence-corrected chi connectivity index (χ3v) is 4.94. The Bertz CT molecular complexity index is 1470. The van der Waals surface area contributed by atoms with E-state index in [9.17, 15) is 13.6 Å². The van der Waals surface area contributed by atoms with Crippen LogP contribution >= 0.6 is 0 Å². The first kappa shape index (κ1) is 21.2. The number of hydrogen-bond donors (Lipinski definition) is 1. The molecule has 0 aliphatic rings. The molecule has 0 saturated carbocycles. The summed E-state index contributed by atoms with van der Waals surface area (Å²) in [5.74, 6) is 0.214. The average Bonchev–Trinajstić information content (AvgIpc) is 3.50. The number of carbonyl (C=O) groups is 1. The molecule has 3 aromatic heterocycles. The SMILES string of the molecule is NC(=O)COc1ccc(-c2noc(-c3cnn4c(C(F)F)cc(-c5ccccc5)nc34)n2)cc1. The Labute approximate surface area is 190 Å². The van der Waals surface area contributed by atoms with E-state index in [1.54, 1.807) is 48.5 Å².